The van der Waals surface area contributed by atoms with Crippen LogP contribution in [0, 0.1) is 0 Å². The van der Waals surface area contributed by atoms with E-state index >= 15 is 0 Å². The van der Waals surface area contributed by atoms with Crippen LogP contribution < -0.4 is 5.32 Å². The molecule has 0 atom stereocenters. The van der Waals surface area contributed by atoms with Crippen molar-refractivity contribution in [3.8, 4) is 0 Å². The highest BCUT2D eigenvalue weighted by Crippen LogP contribution is 2.36. The number of benzene rings is 1. The molecule has 0 saturated carbocycles. The quantitative estimate of drug-likeness (QED) is 0.816. The average molecular weight is 422 g/mol. The molecule has 2 aromatic rings. The van der Waals surface area contributed by atoms with Gasteiger partial charge in [-0.3, -0.25) is 4.79 Å². The largest absolute Gasteiger partial charge is 0.381 e. The third-order valence-corrected chi connectivity index (χ3v) is 5.22. The third kappa shape index (κ3) is 3.99. The Labute approximate surface area is 161 Å². The molecule has 6 nitrogen and oxygen atoms in total. The van der Waals surface area contributed by atoms with Crippen molar-refractivity contribution in [3.63, 3.8) is 0 Å². The molecule has 1 aromatic heterocycles. The number of carbonyl (C=O) groups is 1. The Morgan fingerprint density at radius 2 is 1.88 bits per heavy atom. The van der Waals surface area contributed by atoms with Crippen LogP contribution in [-0.2, 0) is 26.9 Å². The first-order valence-electron chi connectivity index (χ1n) is 8.76. The number of nitrogens with one attached hydrogen (secondary N) is 1. The Balaban J connectivity index is 1.76. The van der Waals surface area contributed by atoms with E-state index in [9.17, 15) is 4.79 Å². The minimum absolute atomic E-state index is 0.0229. The molecule has 1 aliphatic heterocycles. The van der Waals surface area contributed by atoms with E-state index in [2.05, 4.69) is 31.4 Å². The summed E-state index contributed by atoms with van der Waals surface area (Å²) in [4.78, 5) is 17.5. The number of hydrogen-bond acceptors (Lipinski definition) is 5. The van der Waals surface area contributed by atoms with Crippen LogP contribution in [0.3, 0.4) is 0 Å². The van der Waals surface area contributed by atoms with Crippen LogP contribution in [0.15, 0.2) is 33.3 Å². The van der Waals surface area contributed by atoms with Crippen LogP contribution in [0.1, 0.15) is 50.9 Å². The predicted octanol–water partition coefficient (Wildman–Crippen LogP) is 3.49. The normalized spacial score (nSPS) is 17.1. The molecular formula is C19H24BrN3O3. The highest BCUT2D eigenvalue weighted by atomic mass is 79.9. The van der Waals surface area contributed by atoms with E-state index in [4.69, 9.17) is 9.26 Å². The number of ether oxygens (including phenoxy) is 1. The first-order valence-corrected chi connectivity index (χ1v) is 9.56. The zero-order valence-corrected chi connectivity index (χ0v) is 16.9. The van der Waals surface area contributed by atoms with Gasteiger partial charge < -0.3 is 14.6 Å². The van der Waals surface area contributed by atoms with E-state index in [-0.39, 0.29) is 17.9 Å². The summed E-state index contributed by atoms with van der Waals surface area (Å²) < 4.78 is 11.8. The molecule has 26 heavy (non-hydrogen) atoms. The number of rotatable bonds is 4. The fourth-order valence-electron chi connectivity index (χ4n) is 3.09. The Kier molecular flexibility index (Phi) is 5.48. The lowest BCUT2D eigenvalue weighted by molar-refractivity contribution is -0.130. The van der Waals surface area contributed by atoms with Crippen molar-refractivity contribution >= 4 is 21.8 Å². The smallest absolute Gasteiger partial charge is 0.232 e. The topological polar surface area (TPSA) is 77.2 Å². The van der Waals surface area contributed by atoms with Crippen molar-refractivity contribution in [2.45, 2.75) is 51.0 Å². The minimum atomic E-state index is -0.588. The zero-order chi connectivity index (χ0) is 18.8. The molecule has 1 fully saturated rings. The van der Waals surface area contributed by atoms with Crippen LogP contribution in [0.2, 0.25) is 0 Å². The van der Waals surface area contributed by atoms with Crippen LogP contribution in [0.4, 0.5) is 0 Å². The summed E-state index contributed by atoms with van der Waals surface area (Å²) in [5, 5.41) is 6.97. The summed E-state index contributed by atoms with van der Waals surface area (Å²) >= 11 is 3.45. The van der Waals surface area contributed by atoms with E-state index in [0.717, 1.165) is 10.0 Å². The van der Waals surface area contributed by atoms with E-state index < -0.39 is 5.41 Å². The molecule has 0 radical (unpaired) electrons. The SMILES string of the molecule is CC(C)(C)c1nc(CNC(=O)C2(c3ccc(Br)cc3)CCOCC2)no1. The molecule has 140 valence electrons. The Morgan fingerprint density at radius 1 is 1.23 bits per heavy atom. The second-order valence-corrected chi connectivity index (χ2v) is 8.57. The zero-order valence-electron chi connectivity index (χ0n) is 15.3. The first kappa shape index (κ1) is 19.0. The van der Waals surface area contributed by atoms with Gasteiger partial charge in [0.1, 0.15) is 0 Å². The summed E-state index contributed by atoms with van der Waals surface area (Å²) in [5.41, 5.74) is 0.203. The van der Waals surface area contributed by atoms with Gasteiger partial charge in [-0.25, -0.2) is 0 Å². The molecule has 1 saturated heterocycles. The van der Waals surface area contributed by atoms with Gasteiger partial charge in [0.2, 0.25) is 11.8 Å². The van der Waals surface area contributed by atoms with Gasteiger partial charge in [-0.15, -0.1) is 0 Å². The van der Waals surface area contributed by atoms with Crippen molar-refractivity contribution in [3.05, 3.63) is 46.0 Å². The lowest BCUT2D eigenvalue weighted by Crippen LogP contribution is -2.47. The average Bonchev–Trinajstić information content (AvgIpc) is 3.10. The van der Waals surface area contributed by atoms with E-state index in [1.54, 1.807) is 0 Å². The van der Waals surface area contributed by atoms with Gasteiger partial charge in [-0.05, 0) is 30.5 Å². The van der Waals surface area contributed by atoms with Gasteiger partial charge in [0.25, 0.3) is 0 Å². The highest BCUT2D eigenvalue weighted by molar-refractivity contribution is 9.10. The fraction of sp³-hybridized carbons (Fsp3) is 0.526. The number of hydrogen-bond donors (Lipinski definition) is 1. The molecule has 3 rings (SSSR count). The third-order valence-electron chi connectivity index (χ3n) is 4.69. The van der Waals surface area contributed by atoms with Gasteiger partial charge >= 0.3 is 0 Å². The summed E-state index contributed by atoms with van der Waals surface area (Å²) in [6.07, 6.45) is 1.31. The van der Waals surface area contributed by atoms with Crippen molar-refractivity contribution in [1.82, 2.24) is 15.5 Å². The summed E-state index contributed by atoms with van der Waals surface area (Å²) in [6.45, 7) is 7.41. The molecule has 1 aromatic carbocycles. The van der Waals surface area contributed by atoms with Crippen molar-refractivity contribution < 1.29 is 14.1 Å². The van der Waals surface area contributed by atoms with Crippen molar-refractivity contribution in [2.24, 2.45) is 0 Å². The van der Waals surface area contributed by atoms with E-state index in [0.29, 0.717) is 37.8 Å². The maximum atomic E-state index is 13.1. The van der Waals surface area contributed by atoms with E-state index in [1.807, 2.05) is 45.0 Å². The molecule has 7 heteroatoms. The number of aromatic nitrogens is 2. The number of carbonyl (C=O) groups excluding carboxylic acids is 1. The van der Waals surface area contributed by atoms with Crippen LogP contribution in [0.5, 0.6) is 0 Å². The van der Waals surface area contributed by atoms with Crippen molar-refractivity contribution in [1.29, 1.82) is 0 Å². The predicted molar refractivity (Wildman–Crippen MR) is 101 cm³/mol. The molecule has 1 amide bonds. The van der Waals surface area contributed by atoms with Gasteiger partial charge in [-0.1, -0.05) is 54.0 Å². The molecule has 1 aliphatic rings. The standard InChI is InChI=1S/C19H24BrN3O3/c1-18(2,3)17-22-15(23-26-17)12-21-16(24)19(8-10-25-11-9-19)13-4-6-14(20)7-5-13/h4-7H,8-12H2,1-3H3,(H,21,24). The fourth-order valence-corrected chi connectivity index (χ4v) is 3.36. The van der Waals surface area contributed by atoms with Crippen LogP contribution in [-0.4, -0.2) is 29.3 Å². The summed E-state index contributed by atoms with van der Waals surface area (Å²) in [6, 6.07) is 7.94. The molecule has 0 bridgehead atoms. The lowest BCUT2D eigenvalue weighted by atomic mass is 9.73. The maximum Gasteiger partial charge on any atom is 0.232 e. The Bertz CT molecular complexity index is 759. The second-order valence-electron chi connectivity index (χ2n) is 7.65. The first-order chi connectivity index (χ1) is 12.3. The van der Waals surface area contributed by atoms with Gasteiger partial charge in [0, 0.05) is 23.1 Å². The molecule has 2 heterocycles. The maximum absolute atomic E-state index is 13.1. The number of amides is 1. The molecule has 1 N–H and O–H groups in total. The minimum Gasteiger partial charge on any atom is -0.381 e. The van der Waals surface area contributed by atoms with Gasteiger partial charge in [0.15, 0.2) is 5.82 Å². The number of nitrogens with zero attached hydrogens (tertiary/aromatic N) is 2. The lowest BCUT2D eigenvalue weighted by Gasteiger charge is -2.36. The summed E-state index contributed by atoms with van der Waals surface area (Å²) in [5.74, 6) is 1.03. The monoisotopic (exact) mass is 421 g/mol. The van der Waals surface area contributed by atoms with Gasteiger partial charge in [-0.2, -0.15) is 4.98 Å². The molecule has 0 aliphatic carbocycles. The van der Waals surface area contributed by atoms with E-state index in [1.165, 1.54) is 0 Å². The Hall–Kier alpha value is -1.73. The molecular weight excluding hydrogens is 398 g/mol. The summed E-state index contributed by atoms with van der Waals surface area (Å²) in [7, 11) is 0. The second kappa shape index (κ2) is 7.48. The highest BCUT2D eigenvalue weighted by Gasteiger charge is 2.41. The Morgan fingerprint density at radius 3 is 2.46 bits per heavy atom. The van der Waals surface area contributed by atoms with Crippen LogP contribution in [0.25, 0.3) is 0 Å². The molecule has 0 unspecified atom stereocenters. The molecule has 0 spiro atoms. The number of halogens is 1. The van der Waals surface area contributed by atoms with Crippen LogP contribution >= 0.6 is 15.9 Å². The van der Waals surface area contributed by atoms with Crippen molar-refractivity contribution in [2.75, 3.05) is 13.2 Å². The van der Waals surface area contributed by atoms with Gasteiger partial charge in [0.05, 0.1) is 12.0 Å².